The molecule has 3 rings (SSSR count). The predicted molar refractivity (Wildman–Crippen MR) is 107 cm³/mol. The van der Waals surface area contributed by atoms with Gasteiger partial charge in [0.25, 0.3) is 0 Å². The number of hydrogen-bond acceptors (Lipinski definition) is 7. The number of pyridine rings is 1. The fourth-order valence-corrected chi connectivity index (χ4v) is 2.87. The molecule has 0 saturated carbocycles. The highest BCUT2D eigenvalue weighted by atomic mass is 16.3. The molecule has 0 bridgehead atoms. The molecule has 3 heterocycles. The normalized spacial score (nSPS) is 12.6. The minimum absolute atomic E-state index is 0.0153. The van der Waals surface area contributed by atoms with E-state index in [2.05, 4.69) is 43.6 Å². The topological polar surface area (TPSA) is 101 Å². The zero-order valence-corrected chi connectivity index (χ0v) is 16.5. The molecule has 8 nitrogen and oxygen atoms in total. The van der Waals surface area contributed by atoms with Gasteiger partial charge < -0.3 is 20.3 Å². The van der Waals surface area contributed by atoms with Gasteiger partial charge in [0, 0.05) is 25.5 Å². The number of anilines is 2. The van der Waals surface area contributed by atoms with Gasteiger partial charge in [-0.05, 0) is 37.0 Å². The van der Waals surface area contributed by atoms with Crippen molar-refractivity contribution in [3.63, 3.8) is 0 Å². The number of imidazole rings is 1. The lowest BCUT2D eigenvalue weighted by Crippen LogP contribution is -2.30. The van der Waals surface area contributed by atoms with Gasteiger partial charge >= 0.3 is 0 Å². The van der Waals surface area contributed by atoms with Crippen LogP contribution < -0.4 is 10.6 Å². The number of hydrogen-bond donors (Lipinski definition) is 3. The van der Waals surface area contributed by atoms with Crippen LogP contribution in [0.2, 0.25) is 0 Å². The average Bonchev–Trinajstić information content (AvgIpc) is 2.99. The van der Waals surface area contributed by atoms with Crippen LogP contribution in [0.1, 0.15) is 30.7 Å². The first-order valence-corrected chi connectivity index (χ1v) is 9.11. The summed E-state index contributed by atoms with van der Waals surface area (Å²) in [5, 5.41) is 16.2. The average molecular weight is 369 g/mol. The highest BCUT2D eigenvalue weighted by Crippen LogP contribution is 2.22. The van der Waals surface area contributed by atoms with Crippen LogP contribution in [-0.2, 0) is 13.6 Å². The first kappa shape index (κ1) is 19.0. The molecule has 1 atom stereocenters. The van der Waals surface area contributed by atoms with Gasteiger partial charge in [-0.1, -0.05) is 13.8 Å². The Morgan fingerprint density at radius 3 is 2.63 bits per heavy atom. The van der Waals surface area contributed by atoms with Gasteiger partial charge in [0.05, 0.1) is 19.0 Å². The molecule has 0 aliphatic heterocycles. The van der Waals surface area contributed by atoms with Crippen LogP contribution in [-0.4, -0.2) is 42.3 Å². The summed E-state index contributed by atoms with van der Waals surface area (Å²) in [6.45, 7) is 8.75. The van der Waals surface area contributed by atoms with Crippen molar-refractivity contribution in [2.45, 2.75) is 40.3 Å². The summed E-state index contributed by atoms with van der Waals surface area (Å²) < 4.78 is 1.86. The van der Waals surface area contributed by atoms with Gasteiger partial charge in [0.2, 0.25) is 5.95 Å². The summed E-state index contributed by atoms with van der Waals surface area (Å²) in [5.41, 5.74) is 4.73. The van der Waals surface area contributed by atoms with E-state index < -0.39 is 0 Å². The molecule has 8 heteroatoms. The molecule has 0 aliphatic rings. The Bertz CT molecular complexity index is 935. The third-order valence-electron chi connectivity index (χ3n) is 4.68. The Labute approximate surface area is 159 Å². The summed E-state index contributed by atoms with van der Waals surface area (Å²) in [5.74, 6) is 1.38. The Balaban J connectivity index is 1.91. The highest BCUT2D eigenvalue weighted by Gasteiger charge is 2.17. The van der Waals surface area contributed by atoms with Crippen molar-refractivity contribution in [3.8, 4) is 0 Å². The monoisotopic (exact) mass is 369 g/mol. The molecule has 27 heavy (non-hydrogen) atoms. The molecule has 0 amide bonds. The van der Waals surface area contributed by atoms with E-state index in [0.717, 1.165) is 16.9 Å². The van der Waals surface area contributed by atoms with E-state index in [1.807, 2.05) is 38.6 Å². The molecule has 0 radical (unpaired) electrons. The Morgan fingerprint density at radius 1 is 1.19 bits per heavy atom. The zero-order valence-electron chi connectivity index (χ0n) is 16.5. The third kappa shape index (κ3) is 4.16. The summed E-state index contributed by atoms with van der Waals surface area (Å²) in [4.78, 5) is 18.0. The van der Waals surface area contributed by atoms with Crippen molar-refractivity contribution < 1.29 is 5.11 Å². The lowest BCUT2D eigenvalue weighted by molar-refractivity contribution is 0.248. The Kier molecular flexibility index (Phi) is 5.55. The van der Waals surface area contributed by atoms with Crippen molar-refractivity contribution in [1.82, 2.24) is 24.5 Å². The number of fused-ring (bicyclic) bond motifs is 1. The molecule has 144 valence electrons. The van der Waals surface area contributed by atoms with E-state index in [0.29, 0.717) is 23.8 Å². The van der Waals surface area contributed by atoms with Gasteiger partial charge in [0.1, 0.15) is 0 Å². The number of nitrogens with zero attached hydrogens (tertiary/aromatic N) is 5. The minimum atomic E-state index is -0.118. The molecule has 3 N–H and O–H groups in total. The fourth-order valence-electron chi connectivity index (χ4n) is 2.87. The molecule has 0 spiro atoms. The van der Waals surface area contributed by atoms with Crippen LogP contribution in [0.5, 0.6) is 0 Å². The second-order valence-corrected chi connectivity index (χ2v) is 7.21. The van der Waals surface area contributed by atoms with Crippen molar-refractivity contribution in [3.05, 3.63) is 35.4 Å². The number of aliphatic hydroxyl groups is 1. The minimum Gasteiger partial charge on any atom is -0.394 e. The van der Waals surface area contributed by atoms with E-state index in [-0.39, 0.29) is 18.6 Å². The van der Waals surface area contributed by atoms with Crippen molar-refractivity contribution in [2.24, 2.45) is 13.0 Å². The second-order valence-electron chi connectivity index (χ2n) is 7.21. The molecular weight excluding hydrogens is 342 g/mol. The van der Waals surface area contributed by atoms with Crippen molar-refractivity contribution in [1.29, 1.82) is 0 Å². The van der Waals surface area contributed by atoms with Crippen molar-refractivity contribution >= 4 is 22.9 Å². The molecular formula is C19H27N7O. The van der Waals surface area contributed by atoms with E-state index in [1.165, 1.54) is 5.56 Å². The second kappa shape index (κ2) is 7.87. The van der Waals surface area contributed by atoms with Gasteiger partial charge in [-0.15, -0.1) is 0 Å². The van der Waals surface area contributed by atoms with E-state index in [1.54, 1.807) is 6.33 Å². The van der Waals surface area contributed by atoms with E-state index in [9.17, 15) is 5.11 Å². The van der Waals surface area contributed by atoms with Crippen LogP contribution >= 0.6 is 0 Å². The zero-order chi connectivity index (χ0) is 19.6. The number of nitrogens with one attached hydrogen (secondary N) is 2. The maximum atomic E-state index is 9.60. The Hall–Kier alpha value is -2.74. The first-order valence-electron chi connectivity index (χ1n) is 9.11. The molecule has 3 aromatic rings. The van der Waals surface area contributed by atoms with E-state index in [4.69, 9.17) is 0 Å². The highest BCUT2D eigenvalue weighted by molar-refractivity contribution is 5.84. The lowest BCUT2D eigenvalue weighted by atomic mass is 10.1. The maximum absolute atomic E-state index is 9.60. The number of aromatic nitrogens is 5. The quantitative estimate of drug-likeness (QED) is 0.588. The maximum Gasteiger partial charge on any atom is 0.227 e. The smallest absolute Gasteiger partial charge is 0.227 e. The summed E-state index contributed by atoms with van der Waals surface area (Å²) in [6, 6.07) is 1.95. The van der Waals surface area contributed by atoms with Crippen LogP contribution in [0, 0.1) is 19.8 Å². The molecule has 0 saturated heterocycles. The molecule has 0 aromatic carbocycles. The lowest BCUT2D eigenvalue weighted by Gasteiger charge is -2.20. The standard InChI is InChI=1S/C19H27N7O/c1-11(2)15(9-27)23-19-24-17(16-18(25-19)26(5)10-22-16)21-8-14-7-20-13(4)6-12(14)3/h6-7,10-11,15,27H,8-9H2,1-5H3,(H2,21,23,24,25)/t15-/m0/s1. The number of aryl methyl sites for hydroxylation is 3. The van der Waals surface area contributed by atoms with Crippen LogP contribution in [0.15, 0.2) is 18.6 Å². The number of aliphatic hydroxyl groups excluding tert-OH is 1. The van der Waals surface area contributed by atoms with Crippen LogP contribution in [0.3, 0.4) is 0 Å². The van der Waals surface area contributed by atoms with Gasteiger partial charge in [-0.25, -0.2) is 4.98 Å². The molecule has 0 fully saturated rings. The molecule has 0 unspecified atom stereocenters. The van der Waals surface area contributed by atoms with Gasteiger partial charge in [-0.3, -0.25) is 4.98 Å². The fraction of sp³-hybridized carbons (Fsp3) is 0.474. The van der Waals surface area contributed by atoms with Gasteiger partial charge in [0.15, 0.2) is 17.0 Å². The SMILES string of the molecule is Cc1cc(C)c(CNc2nc(N[C@@H](CO)C(C)C)nc3c2ncn3C)cn1. The largest absolute Gasteiger partial charge is 0.394 e. The van der Waals surface area contributed by atoms with Crippen LogP contribution in [0.25, 0.3) is 11.2 Å². The Morgan fingerprint density at radius 2 is 1.96 bits per heavy atom. The molecule has 3 aromatic heterocycles. The predicted octanol–water partition coefficient (Wildman–Crippen LogP) is 2.42. The summed E-state index contributed by atoms with van der Waals surface area (Å²) >= 11 is 0. The first-order chi connectivity index (χ1) is 12.9. The van der Waals surface area contributed by atoms with Crippen molar-refractivity contribution in [2.75, 3.05) is 17.2 Å². The summed E-state index contributed by atoms with van der Waals surface area (Å²) in [7, 11) is 1.90. The summed E-state index contributed by atoms with van der Waals surface area (Å²) in [6.07, 6.45) is 3.60. The number of rotatable bonds is 7. The van der Waals surface area contributed by atoms with E-state index >= 15 is 0 Å². The van der Waals surface area contributed by atoms with Crippen LogP contribution in [0.4, 0.5) is 11.8 Å². The third-order valence-corrected chi connectivity index (χ3v) is 4.68. The molecule has 0 aliphatic carbocycles. The van der Waals surface area contributed by atoms with Gasteiger partial charge in [-0.2, -0.15) is 9.97 Å².